The zero-order chi connectivity index (χ0) is 48.0. The molecule has 0 radical (unpaired) electrons. The third-order valence-corrected chi connectivity index (χ3v) is 14.1. The molecule has 6 N–H and O–H groups in total. The lowest BCUT2D eigenvalue weighted by Crippen LogP contribution is -2.60. The fraction of sp³-hybridized carbons (Fsp3) is 0.947. The molecule has 7 unspecified atom stereocenters. The van der Waals surface area contributed by atoms with E-state index in [2.05, 4.69) is 31.3 Å². The molecule has 66 heavy (non-hydrogen) atoms. The third kappa shape index (κ3) is 36.9. The molecule has 1 aliphatic rings. The lowest BCUT2D eigenvalue weighted by Gasteiger charge is -2.40. The van der Waals surface area contributed by atoms with E-state index in [1.807, 2.05) is 0 Å². The predicted octanol–water partition coefficient (Wildman–Crippen LogP) is 14.0. The van der Waals surface area contributed by atoms with Crippen molar-refractivity contribution in [2.45, 2.75) is 333 Å². The summed E-state index contributed by atoms with van der Waals surface area (Å²) in [5, 5.41) is 54.7. The maximum absolute atomic E-state index is 13.1. The molecule has 0 aliphatic carbocycles. The first-order valence-corrected chi connectivity index (χ1v) is 28.9. The number of carbonyl (C=O) groups is 1. The van der Waals surface area contributed by atoms with Crippen LogP contribution < -0.4 is 5.32 Å². The summed E-state index contributed by atoms with van der Waals surface area (Å²) >= 11 is 0. The molecule has 9 heteroatoms. The molecule has 0 aromatic rings. The van der Waals surface area contributed by atoms with Crippen LogP contribution in [0.15, 0.2) is 12.2 Å². The van der Waals surface area contributed by atoms with Crippen molar-refractivity contribution in [2.24, 2.45) is 0 Å². The first-order valence-electron chi connectivity index (χ1n) is 28.9. The molecule has 1 fully saturated rings. The molecule has 1 heterocycles. The van der Waals surface area contributed by atoms with Crippen molar-refractivity contribution in [1.29, 1.82) is 0 Å². The lowest BCUT2D eigenvalue weighted by molar-refractivity contribution is -0.302. The number of ether oxygens (including phenoxy) is 2. The normalized spacial score (nSPS) is 19.8. The zero-order valence-corrected chi connectivity index (χ0v) is 43.5. The second kappa shape index (κ2) is 47.6. The molecule has 0 aromatic heterocycles. The average molecular weight is 939 g/mol. The maximum Gasteiger partial charge on any atom is 0.220 e. The van der Waals surface area contributed by atoms with Crippen LogP contribution >= 0.6 is 0 Å². The van der Waals surface area contributed by atoms with Gasteiger partial charge in [0.15, 0.2) is 6.29 Å². The second-order valence-corrected chi connectivity index (χ2v) is 20.4. The number of aliphatic hydroxyl groups is 5. The molecule has 0 saturated carbocycles. The van der Waals surface area contributed by atoms with E-state index in [1.54, 1.807) is 0 Å². The van der Waals surface area contributed by atoms with Gasteiger partial charge in [-0.3, -0.25) is 4.79 Å². The molecule has 1 amide bonds. The molecule has 0 spiro atoms. The second-order valence-electron chi connectivity index (χ2n) is 20.4. The van der Waals surface area contributed by atoms with E-state index in [-0.39, 0.29) is 12.5 Å². The zero-order valence-electron chi connectivity index (χ0n) is 43.5. The summed E-state index contributed by atoms with van der Waals surface area (Å²) in [6.07, 6.45) is 50.9. The smallest absolute Gasteiger partial charge is 0.220 e. The summed E-state index contributed by atoms with van der Waals surface area (Å²) in [5.41, 5.74) is 0. The number of amides is 1. The van der Waals surface area contributed by atoms with Gasteiger partial charge in [-0.05, 0) is 38.5 Å². The minimum Gasteiger partial charge on any atom is -0.394 e. The fourth-order valence-electron chi connectivity index (χ4n) is 9.51. The average Bonchev–Trinajstić information content (AvgIpc) is 3.32. The number of rotatable bonds is 50. The van der Waals surface area contributed by atoms with E-state index < -0.39 is 49.5 Å². The van der Waals surface area contributed by atoms with Gasteiger partial charge in [0.2, 0.25) is 5.91 Å². The Bertz CT molecular complexity index is 1040. The highest BCUT2D eigenvalue weighted by atomic mass is 16.7. The molecular weight excluding hydrogens is 827 g/mol. The summed E-state index contributed by atoms with van der Waals surface area (Å²) in [7, 11) is 0. The summed E-state index contributed by atoms with van der Waals surface area (Å²) in [4.78, 5) is 13.1. The van der Waals surface area contributed by atoms with Gasteiger partial charge < -0.3 is 40.3 Å². The largest absolute Gasteiger partial charge is 0.394 e. The van der Waals surface area contributed by atoms with Gasteiger partial charge in [0.25, 0.3) is 0 Å². The minimum absolute atomic E-state index is 0.136. The van der Waals surface area contributed by atoms with E-state index in [0.717, 1.165) is 38.5 Å². The van der Waals surface area contributed by atoms with Crippen molar-refractivity contribution in [1.82, 2.24) is 5.32 Å². The molecule has 1 saturated heterocycles. The minimum atomic E-state index is -1.55. The van der Waals surface area contributed by atoms with Crippen molar-refractivity contribution in [3.63, 3.8) is 0 Å². The first-order chi connectivity index (χ1) is 32.3. The highest BCUT2D eigenvalue weighted by Crippen LogP contribution is 2.23. The SMILES string of the molecule is CCCCCCCCCCC/C=C\CCCCCCCCCC(=O)NC(COC1OC(CO)C(O)C(O)C1O)C(O)CCCCCCCCCCCCCCCCCCCCCCCCC. The van der Waals surface area contributed by atoms with Crippen LogP contribution in [-0.4, -0.2) is 87.5 Å². The van der Waals surface area contributed by atoms with Crippen LogP contribution in [0.3, 0.4) is 0 Å². The standard InChI is InChI=1S/C57H111NO8/c1-3-5-7-9-11-13-15-17-19-21-23-25-26-27-28-30-32-34-36-38-40-42-44-46-51(60)50(49-65-57-56(64)55(63)54(62)52(48-59)66-57)58-53(61)47-45-43-41-39-37-35-33-31-29-24-22-20-18-16-14-12-10-8-6-4-2/h24,29,50-52,54-57,59-60,62-64H,3-23,25-28,30-49H2,1-2H3,(H,58,61)/b29-24-. The number of unbranched alkanes of at least 4 members (excludes halogenated alkanes) is 38. The number of hydrogen-bond acceptors (Lipinski definition) is 8. The van der Waals surface area contributed by atoms with Gasteiger partial charge in [0.1, 0.15) is 24.4 Å². The van der Waals surface area contributed by atoms with Gasteiger partial charge >= 0.3 is 0 Å². The maximum atomic E-state index is 13.1. The Hall–Kier alpha value is -1.07. The van der Waals surface area contributed by atoms with Crippen LogP contribution in [0.1, 0.15) is 290 Å². The molecule has 0 bridgehead atoms. The Kier molecular flexibility index (Phi) is 45.4. The Balaban J connectivity index is 2.21. The Morgan fingerprint density at radius 1 is 0.500 bits per heavy atom. The van der Waals surface area contributed by atoms with E-state index in [0.29, 0.717) is 12.8 Å². The lowest BCUT2D eigenvalue weighted by atomic mass is 9.99. The summed E-state index contributed by atoms with van der Waals surface area (Å²) in [5.74, 6) is -0.144. The van der Waals surface area contributed by atoms with Gasteiger partial charge in [-0.25, -0.2) is 0 Å². The van der Waals surface area contributed by atoms with E-state index in [4.69, 9.17) is 9.47 Å². The highest BCUT2D eigenvalue weighted by Gasteiger charge is 2.44. The van der Waals surface area contributed by atoms with Crippen molar-refractivity contribution < 1.29 is 39.8 Å². The summed E-state index contributed by atoms with van der Waals surface area (Å²) < 4.78 is 11.3. The Morgan fingerprint density at radius 3 is 1.23 bits per heavy atom. The van der Waals surface area contributed by atoms with E-state index in [9.17, 15) is 30.3 Å². The van der Waals surface area contributed by atoms with Gasteiger partial charge in [-0.15, -0.1) is 0 Å². The number of aliphatic hydroxyl groups excluding tert-OH is 5. The molecular formula is C57H111NO8. The molecule has 1 aliphatic heterocycles. The van der Waals surface area contributed by atoms with Crippen LogP contribution in [0.25, 0.3) is 0 Å². The van der Waals surface area contributed by atoms with Crippen molar-refractivity contribution >= 4 is 5.91 Å². The van der Waals surface area contributed by atoms with Crippen LogP contribution in [0.2, 0.25) is 0 Å². The molecule has 392 valence electrons. The van der Waals surface area contributed by atoms with E-state index in [1.165, 1.54) is 225 Å². The van der Waals surface area contributed by atoms with Crippen LogP contribution in [0.4, 0.5) is 0 Å². The van der Waals surface area contributed by atoms with Gasteiger partial charge in [-0.2, -0.15) is 0 Å². The third-order valence-electron chi connectivity index (χ3n) is 14.1. The molecule has 7 atom stereocenters. The van der Waals surface area contributed by atoms with Crippen molar-refractivity contribution in [3.8, 4) is 0 Å². The highest BCUT2D eigenvalue weighted by molar-refractivity contribution is 5.76. The van der Waals surface area contributed by atoms with Crippen LogP contribution in [-0.2, 0) is 14.3 Å². The molecule has 0 aromatic carbocycles. The van der Waals surface area contributed by atoms with Crippen LogP contribution in [0, 0.1) is 0 Å². The van der Waals surface area contributed by atoms with Gasteiger partial charge in [-0.1, -0.05) is 257 Å². The predicted molar refractivity (Wildman–Crippen MR) is 277 cm³/mol. The fourth-order valence-corrected chi connectivity index (χ4v) is 9.51. The van der Waals surface area contributed by atoms with Crippen LogP contribution in [0.5, 0.6) is 0 Å². The Labute approximate surface area is 407 Å². The number of allylic oxidation sites excluding steroid dienone is 2. The van der Waals surface area contributed by atoms with Crippen molar-refractivity contribution in [2.75, 3.05) is 13.2 Å². The molecule has 9 nitrogen and oxygen atoms in total. The van der Waals surface area contributed by atoms with Crippen molar-refractivity contribution in [3.05, 3.63) is 12.2 Å². The summed E-state index contributed by atoms with van der Waals surface area (Å²) in [6, 6.07) is -0.719. The Morgan fingerprint density at radius 2 is 0.848 bits per heavy atom. The topological polar surface area (TPSA) is 149 Å². The molecule has 1 rings (SSSR count). The number of hydrogen-bond donors (Lipinski definition) is 6. The summed E-state index contributed by atoms with van der Waals surface area (Å²) in [6.45, 7) is 3.87. The quantitative estimate of drug-likeness (QED) is 0.0261. The first kappa shape index (κ1) is 62.9. The van der Waals surface area contributed by atoms with Gasteiger partial charge in [0, 0.05) is 6.42 Å². The number of nitrogens with one attached hydrogen (secondary N) is 1. The monoisotopic (exact) mass is 938 g/mol. The van der Waals surface area contributed by atoms with Gasteiger partial charge in [0.05, 0.1) is 25.4 Å². The number of carbonyl (C=O) groups excluding carboxylic acids is 1. The van der Waals surface area contributed by atoms with E-state index >= 15 is 0 Å².